The molecule has 3 N–H and O–H groups in total. The highest BCUT2D eigenvalue weighted by Crippen LogP contribution is 2.00. The van der Waals surface area contributed by atoms with Gasteiger partial charge in [-0.05, 0) is 0 Å². The first-order chi connectivity index (χ1) is 5.61. The fourth-order valence-electron chi connectivity index (χ4n) is 1.26. The Morgan fingerprint density at radius 3 is 1.92 bits per heavy atom. The van der Waals surface area contributed by atoms with Crippen molar-refractivity contribution in [3.05, 3.63) is 0 Å². The molecule has 0 unspecified atom stereocenters. The molecule has 1 fully saturated rings. The predicted octanol–water partition coefficient (Wildman–Crippen LogP) is -0.378. The first kappa shape index (κ1) is 12.2. The van der Waals surface area contributed by atoms with Gasteiger partial charge in [0, 0.05) is 33.1 Å². The molecule has 0 atom stereocenters. The molecule has 0 spiro atoms. The van der Waals surface area contributed by atoms with E-state index in [0.717, 1.165) is 0 Å². The van der Waals surface area contributed by atoms with Crippen molar-refractivity contribution in [2.45, 2.75) is 6.92 Å². The fraction of sp³-hybridized carbons (Fsp3) is 0.714. The summed E-state index contributed by atoms with van der Waals surface area (Å²) in [5.74, 6) is 0.191. The molecule has 0 aromatic heterocycles. The van der Waals surface area contributed by atoms with E-state index in [2.05, 4.69) is 0 Å². The zero-order valence-electron chi connectivity index (χ0n) is 7.62. The molecule has 0 aromatic carbocycles. The monoisotopic (exact) mass is 250 g/mol. The maximum atomic E-state index is 10.9. The van der Waals surface area contributed by atoms with E-state index in [0.29, 0.717) is 26.2 Å². The van der Waals surface area contributed by atoms with Gasteiger partial charge in [0.05, 0.1) is 0 Å². The smallest absolute Gasteiger partial charge is 0.219 e. The van der Waals surface area contributed by atoms with Crippen LogP contribution in [0, 0.1) is 5.41 Å². The maximum Gasteiger partial charge on any atom is 0.219 e. The number of carbonyl (C=O) groups is 1. The molecule has 1 saturated heterocycles. The zero-order chi connectivity index (χ0) is 9.14. The van der Waals surface area contributed by atoms with Gasteiger partial charge >= 0.3 is 0 Å². The molecule has 76 valence electrons. The highest BCUT2D eigenvalue weighted by Gasteiger charge is 2.18. The largest absolute Gasteiger partial charge is 0.370 e. The van der Waals surface area contributed by atoms with Crippen LogP contribution in [0.5, 0.6) is 0 Å². The molecule has 0 radical (unpaired) electrons. The van der Waals surface area contributed by atoms with Crippen molar-refractivity contribution in [3.63, 3.8) is 0 Å². The van der Waals surface area contributed by atoms with Gasteiger partial charge in [0.2, 0.25) is 5.91 Å². The molecule has 1 rings (SSSR count). The van der Waals surface area contributed by atoms with Crippen LogP contribution in [-0.4, -0.2) is 47.8 Å². The average molecular weight is 251 g/mol. The van der Waals surface area contributed by atoms with Crippen LogP contribution in [0.1, 0.15) is 6.92 Å². The van der Waals surface area contributed by atoms with E-state index in [4.69, 9.17) is 11.1 Å². The number of nitrogens with one attached hydrogen (secondary N) is 1. The summed E-state index contributed by atoms with van der Waals surface area (Å²) in [6.45, 7) is 4.26. The number of nitrogens with two attached hydrogens (primary N) is 1. The lowest BCUT2D eigenvalue weighted by atomic mass is 10.3. The van der Waals surface area contributed by atoms with Gasteiger partial charge in [-0.1, -0.05) is 0 Å². The van der Waals surface area contributed by atoms with Crippen LogP contribution in [0.2, 0.25) is 0 Å². The second kappa shape index (κ2) is 5.06. The number of rotatable bonds is 0. The van der Waals surface area contributed by atoms with Gasteiger partial charge in [0.25, 0.3) is 0 Å². The minimum Gasteiger partial charge on any atom is -0.370 e. The van der Waals surface area contributed by atoms with Gasteiger partial charge in [0.15, 0.2) is 5.96 Å². The summed E-state index contributed by atoms with van der Waals surface area (Å²) < 4.78 is 0. The van der Waals surface area contributed by atoms with Crippen LogP contribution >= 0.6 is 17.0 Å². The van der Waals surface area contributed by atoms with Crippen molar-refractivity contribution >= 4 is 28.8 Å². The maximum absolute atomic E-state index is 10.9. The molecule has 0 aromatic rings. The van der Waals surface area contributed by atoms with Crippen LogP contribution in [0.3, 0.4) is 0 Å². The summed E-state index contributed by atoms with van der Waals surface area (Å²) in [5.41, 5.74) is 5.29. The van der Waals surface area contributed by atoms with Gasteiger partial charge in [0.1, 0.15) is 0 Å². The molecule has 0 saturated carbocycles. The average Bonchev–Trinajstić information content (AvgIpc) is 2.04. The van der Waals surface area contributed by atoms with Crippen molar-refractivity contribution < 1.29 is 4.79 Å². The van der Waals surface area contributed by atoms with Crippen molar-refractivity contribution in [2.24, 2.45) is 5.73 Å². The summed E-state index contributed by atoms with van der Waals surface area (Å²) in [4.78, 5) is 14.4. The Kier molecular flexibility index (Phi) is 4.76. The summed E-state index contributed by atoms with van der Waals surface area (Å²) in [5, 5.41) is 7.16. The number of nitrogens with zero attached hydrogens (tertiary/aromatic N) is 2. The third kappa shape index (κ3) is 3.22. The first-order valence-corrected chi connectivity index (χ1v) is 3.95. The summed E-state index contributed by atoms with van der Waals surface area (Å²) in [7, 11) is 0. The normalized spacial score (nSPS) is 16.4. The number of amides is 1. The van der Waals surface area contributed by atoms with Gasteiger partial charge in [-0.25, -0.2) is 0 Å². The van der Waals surface area contributed by atoms with Gasteiger partial charge < -0.3 is 15.5 Å². The Morgan fingerprint density at radius 1 is 1.23 bits per heavy atom. The van der Waals surface area contributed by atoms with Crippen LogP contribution in [0.25, 0.3) is 0 Å². The summed E-state index contributed by atoms with van der Waals surface area (Å²) in [6.07, 6.45) is 0. The molecule has 0 aliphatic carbocycles. The van der Waals surface area contributed by atoms with E-state index < -0.39 is 0 Å². The fourth-order valence-corrected chi connectivity index (χ4v) is 1.26. The van der Waals surface area contributed by atoms with E-state index in [1.807, 2.05) is 0 Å². The topological polar surface area (TPSA) is 73.4 Å². The van der Waals surface area contributed by atoms with E-state index >= 15 is 0 Å². The van der Waals surface area contributed by atoms with Crippen LogP contribution < -0.4 is 5.73 Å². The van der Waals surface area contributed by atoms with E-state index in [1.165, 1.54) is 0 Å². The minimum absolute atomic E-state index is 0. The molecular weight excluding hydrogens is 236 g/mol. The Balaban J connectivity index is 0.00000144. The molecule has 0 bridgehead atoms. The summed E-state index contributed by atoms with van der Waals surface area (Å²) in [6, 6.07) is 0. The SMILES string of the molecule is Br.CC(=O)N1CCN(C(=N)N)CC1. The van der Waals surface area contributed by atoms with Crippen LogP contribution in [0.4, 0.5) is 0 Å². The van der Waals surface area contributed by atoms with Crippen molar-refractivity contribution in [2.75, 3.05) is 26.2 Å². The van der Waals surface area contributed by atoms with Gasteiger partial charge in [-0.15, -0.1) is 17.0 Å². The number of piperazine rings is 1. The molecule has 1 amide bonds. The number of hydrogen-bond acceptors (Lipinski definition) is 2. The molecular formula is C7H15BrN4O. The third-order valence-electron chi connectivity index (χ3n) is 2.07. The number of halogens is 1. The number of hydrogen-bond donors (Lipinski definition) is 2. The molecule has 6 heteroatoms. The Hall–Kier alpha value is -0.780. The third-order valence-corrected chi connectivity index (χ3v) is 2.07. The zero-order valence-corrected chi connectivity index (χ0v) is 9.33. The highest BCUT2D eigenvalue weighted by atomic mass is 79.9. The quantitative estimate of drug-likeness (QED) is 0.455. The number of guanidine groups is 1. The highest BCUT2D eigenvalue weighted by molar-refractivity contribution is 8.93. The summed E-state index contributed by atoms with van der Waals surface area (Å²) >= 11 is 0. The van der Waals surface area contributed by atoms with Gasteiger partial charge in [-0.3, -0.25) is 10.2 Å². The Morgan fingerprint density at radius 2 is 1.62 bits per heavy atom. The molecule has 1 aliphatic heterocycles. The Labute approximate surface area is 88.1 Å². The molecule has 1 aliphatic rings. The standard InChI is InChI=1S/C7H14N4O.BrH/c1-6(12)10-2-4-11(5-3-10)7(8)9;/h2-5H2,1H3,(H3,8,9);1H. The second-order valence-electron chi connectivity index (χ2n) is 2.88. The lowest BCUT2D eigenvalue weighted by molar-refractivity contribution is -0.130. The van der Waals surface area contributed by atoms with E-state index in [1.54, 1.807) is 16.7 Å². The predicted molar refractivity (Wildman–Crippen MR) is 56.1 cm³/mol. The number of carbonyl (C=O) groups excluding carboxylic acids is 1. The Bertz CT molecular complexity index is 179. The molecule has 5 nitrogen and oxygen atoms in total. The minimum atomic E-state index is 0. The lowest BCUT2D eigenvalue weighted by Gasteiger charge is -2.34. The van der Waals surface area contributed by atoms with Gasteiger partial charge in [-0.2, -0.15) is 0 Å². The van der Waals surface area contributed by atoms with Crippen LogP contribution in [-0.2, 0) is 4.79 Å². The molecule has 13 heavy (non-hydrogen) atoms. The molecule has 1 heterocycles. The van der Waals surface area contributed by atoms with Crippen molar-refractivity contribution in [1.82, 2.24) is 9.80 Å². The lowest BCUT2D eigenvalue weighted by Crippen LogP contribution is -2.51. The first-order valence-electron chi connectivity index (χ1n) is 3.95. The van der Waals surface area contributed by atoms with E-state index in [-0.39, 0.29) is 28.8 Å². The van der Waals surface area contributed by atoms with Crippen molar-refractivity contribution in [1.29, 1.82) is 5.41 Å². The van der Waals surface area contributed by atoms with Crippen LogP contribution in [0.15, 0.2) is 0 Å². The van der Waals surface area contributed by atoms with Crippen molar-refractivity contribution in [3.8, 4) is 0 Å². The second-order valence-corrected chi connectivity index (χ2v) is 2.88. The van der Waals surface area contributed by atoms with E-state index in [9.17, 15) is 4.79 Å².